The van der Waals surface area contributed by atoms with Crippen LogP contribution in [-0.2, 0) is 0 Å². The molecule has 3 heteroatoms. The summed E-state index contributed by atoms with van der Waals surface area (Å²) in [6.07, 6.45) is 1.95. The number of nitrogens with one attached hydrogen (secondary N) is 1. The van der Waals surface area contributed by atoms with Crippen LogP contribution in [0.1, 0.15) is 6.92 Å². The molecule has 2 atom stereocenters. The predicted molar refractivity (Wildman–Crippen MR) is 61.6 cm³/mol. The van der Waals surface area contributed by atoms with Crippen LogP contribution in [-0.4, -0.2) is 62.2 Å². The lowest BCUT2D eigenvalue weighted by Gasteiger charge is -2.38. The third-order valence-electron chi connectivity index (χ3n) is 3.01. The van der Waals surface area contributed by atoms with E-state index in [-0.39, 0.29) is 0 Å². The summed E-state index contributed by atoms with van der Waals surface area (Å²) in [5.41, 5.74) is 0. The van der Waals surface area contributed by atoms with Crippen molar-refractivity contribution in [1.82, 2.24) is 15.1 Å². The molecule has 1 saturated heterocycles. The Morgan fingerprint density at radius 3 is 2.86 bits per heavy atom. The summed E-state index contributed by atoms with van der Waals surface area (Å²) in [4.78, 5) is 4.83. The molecule has 0 saturated carbocycles. The van der Waals surface area contributed by atoms with Gasteiger partial charge in [-0.05, 0) is 21.0 Å². The third-order valence-corrected chi connectivity index (χ3v) is 3.01. The molecule has 0 aromatic carbocycles. The molecule has 1 N–H and O–H groups in total. The minimum absolute atomic E-state index is 0.413. The van der Waals surface area contributed by atoms with Crippen LogP contribution in [0, 0.1) is 0 Å². The Labute approximate surface area is 87.8 Å². The molecule has 1 rings (SSSR count). The van der Waals surface area contributed by atoms with Crippen molar-refractivity contribution in [2.24, 2.45) is 0 Å². The van der Waals surface area contributed by atoms with Gasteiger partial charge in [0.25, 0.3) is 0 Å². The summed E-state index contributed by atoms with van der Waals surface area (Å²) in [7, 11) is 4.40. The van der Waals surface area contributed by atoms with Crippen LogP contribution in [0.4, 0.5) is 0 Å². The highest BCUT2D eigenvalue weighted by molar-refractivity contribution is 4.86. The van der Waals surface area contributed by atoms with E-state index in [0.717, 1.165) is 13.1 Å². The lowest BCUT2D eigenvalue weighted by Crippen LogP contribution is -2.54. The van der Waals surface area contributed by atoms with Gasteiger partial charge in [0.05, 0.1) is 0 Å². The monoisotopic (exact) mass is 197 g/mol. The third kappa shape index (κ3) is 3.40. The first kappa shape index (κ1) is 11.7. The number of hydrogen-bond acceptors (Lipinski definition) is 3. The summed E-state index contributed by atoms with van der Waals surface area (Å²) >= 11 is 0. The molecule has 0 bridgehead atoms. The Kier molecular flexibility index (Phi) is 4.58. The van der Waals surface area contributed by atoms with E-state index < -0.39 is 0 Å². The minimum atomic E-state index is 0.413. The molecule has 0 aliphatic carbocycles. The van der Waals surface area contributed by atoms with Gasteiger partial charge in [0, 0.05) is 38.3 Å². The van der Waals surface area contributed by atoms with Gasteiger partial charge in [-0.3, -0.25) is 4.90 Å². The first-order chi connectivity index (χ1) is 6.63. The zero-order valence-corrected chi connectivity index (χ0v) is 9.66. The highest BCUT2D eigenvalue weighted by Crippen LogP contribution is 2.04. The largest absolute Gasteiger partial charge is 0.309 e. The van der Waals surface area contributed by atoms with E-state index in [9.17, 15) is 0 Å². The summed E-state index contributed by atoms with van der Waals surface area (Å²) in [5, 5.41) is 3.47. The summed E-state index contributed by atoms with van der Waals surface area (Å²) < 4.78 is 0. The fourth-order valence-corrected chi connectivity index (χ4v) is 1.73. The van der Waals surface area contributed by atoms with Gasteiger partial charge in [-0.2, -0.15) is 0 Å². The maximum absolute atomic E-state index is 3.77. The molecule has 1 heterocycles. The van der Waals surface area contributed by atoms with Gasteiger partial charge in [-0.15, -0.1) is 6.58 Å². The predicted octanol–water partition coefficient (Wildman–Crippen LogP) is 0.396. The van der Waals surface area contributed by atoms with Crippen LogP contribution in [0.3, 0.4) is 0 Å². The Morgan fingerprint density at radius 2 is 2.21 bits per heavy atom. The number of piperazine rings is 1. The molecule has 0 radical (unpaired) electrons. The molecule has 0 amide bonds. The standard InChI is InChI=1S/C11H23N3/c1-5-10(2)12-8-11-9-13(3)6-7-14(11)4/h5,10-12H,1,6-9H2,2-4H3. The second-order valence-corrected chi connectivity index (χ2v) is 4.33. The second-order valence-electron chi connectivity index (χ2n) is 4.33. The molecular formula is C11H23N3. The van der Waals surface area contributed by atoms with Gasteiger partial charge in [0.15, 0.2) is 0 Å². The number of rotatable bonds is 4. The number of likely N-dealkylation sites (N-methyl/N-ethyl adjacent to an activating group) is 2. The van der Waals surface area contributed by atoms with Crippen LogP contribution in [0.25, 0.3) is 0 Å². The van der Waals surface area contributed by atoms with Crippen molar-refractivity contribution in [3.63, 3.8) is 0 Å². The topological polar surface area (TPSA) is 18.5 Å². The molecule has 14 heavy (non-hydrogen) atoms. The number of nitrogens with zero attached hydrogens (tertiary/aromatic N) is 2. The van der Waals surface area contributed by atoms with Crippen molar-refractivity contribution in [1.29, 1.82) is 0 Å². The van der Waals surface area contributed by atoms with Gasteiger partial charge >= 0.3 is 0 Å². The minimum Gasteiger partial charge on any atom is -0.309 e. The quantitative estimate of drug-likeness (QED) is 0.658. The van der Waals surface area contributed by atoms with Crippen LogP contribution in [0.2, 0.25) is 0 Å². The van der Waals surface area contributed by atoms with Crippen LogP contribution in [0.15, 0.2) is 12.7 Å². The summed E-state index contributed by atoms with van der Waals surface area (Å²) in [6.45, 7) is 10.5. The molecule has 1 fully saturated rings. The van der Waals surface area contributed by atoms with E-state index in [1.165, 1.54) is 13.1 Å². The Bertz CT molecular complexity index is 181. The van der Waals surface area contributed by atoms with Crippen molar-refractivity contribution < 1.29 is 0 Å². The van der Waals surface area contributed by atoms with E-state index in [1.54, 1.807) is 0 Å². The fourth-order valence-electron chi connectivity index (χ4n) is 1.73. The molecule has 3 nitrogen and oxygen atoms in total. The Morgan fingerprint density at radius 1 is 1.50 bits per heavy atom. The van der Waals surface area contributed by atoms with Gasteiger partial charge in [-0.1, -0.05) is 6.08 Å². The van der Waals surface area contributed by atoms with Crippen molar-refractivity contribution in [2.45, 2.75) is 19.0 Å². The Balaban J connectivity index is 2.30. The zero-order chi connectivity index (χ0) is 10.6. The van der Waals surface area contributed by atoms with E-state index in [0.29, 0.717) is 12.1 Å². The van der Waals surface area contributed by atoms with Crippen molar-refractivity contribution in [2.75, 3.05) is 40.3 Å². The van der Waals surface area contributed by atoms with Crippen molar-refractivity contribution in [3.8, 4) is 0 Å². The highest BCUT2D eigenvalue weighted by Gasteiger charge is 2.21. The lowest BCUT2D eigenvalue weighted by atomic mass is 10.1. The van der Waals surface area contributed by atoms with Gasteiger partial charge in [-0.25, -0.2) is 0 Å². The maximum Gasteiger partial charge on any atom is 0.0345 e. The van der Waals surface area contributed by atoms with Gasteiger partial charge in [0.2, 0.25) is 0 Å². The summed E-state index contributed by atoms with van der Waals surface area (Å²) in [5.74, 6) is 0. The molecular weight excluding hydrogens is 174 g/mol. The van der Waals surface area contributed by atoms with Crippen LogP contribution < -0.4 is 5.32 Å². The average Bonchev–Trinajstić information content (AvgIpc) is 2.19. The van der Waals surface area contributed by atoms with Crippen molar-refractivity contribution in [3.05, 3.63) is 12.7 Å². The molecule has 0 aromatic heterocycles. The molecule has 82 valence electrons. The zero-order valence-electron chi connectivity index (χ0n) is 9.66. The fraction of sp³-hybridized carbons (Fsp3) is 0.818. The highest BCUT2D eigenvalue weighted by atomic mass is 15.3. The lowest BCUT2D eigenvalue weighted by molar-refractivity contribution is 0.113. The van der Waals surface area contributed by atoms with E-state index in [4.69, 9.17) is 0 Å². The van der Waals surface area contributed by atoms with E-state index in [2.05, 4.69) is 42.7 Å². The Hall–Kier alpha value is -0.380. The first-order valence-corrected chi connectivity index (χ1v) is 5.38. The molecule has 2 unspecified atom stereocenters. The SMILES string of the molecule is C=CC(C)NCC1CN(C)CCN1C. The van der Waals surface area contributed by atoms with E-state index >= 15 is 0 Å². The molecule has 1 aliphatic rings. The summed E-state index contributed by atoms with van der Waals surface area (Å²) in [6, 6.07) is 1.05. The number of hydrogen-bond donors (Lipinski definition) is 1. The van der Waals surface area contributed by atoms with Crippen molar-refractivity contribution >= 4 is 0 Å². The van der Waals surface area contributed by atoms with E-state index in [1.807, 2.05) is 6.08 Å². The molecule has 0 spiro atoms. The van der Waals surface area contributed by atoms with Crippen LogP contribution in [0.5, 0.6) is 0 Å². The molecule has 1 aliphatic heterocycles. The molecule has 0 aromatic rings. The van der Waals surface area contributed by atoms with Gasteiger partial charge in [0.1, 0.15) is 0 Å². The second kappa shape index (κ2) is 5.49. The van der Waals surface area contributed by atoms with Gasteiger partial charge < -0.3 is 10.2 Å². The van der Waals surface area contributed by atoms with Crippen LogP contribution >= 0.6 is 0 Å². The smallest absolute Gasteiger partial charge is 0.0345 e. The first-order valence-electron chi connectivity index (χ1n) is 5.38. The average molecular weight is 197 g/mol. The maximum atomic E-state index is 3.77. The normalized spacial score (nSPS) is 27.5.